The van der Waals surface area contributed by atoms with Gasteiger partial charge in [-0.1, -0.05) is 35.9 Å². The summed E-state index contributed by atoms with van der Waals surface area (Å²) in [6.07, 6.45) is 1.90. The molecule has 1 amide bonds. The fourth-order valence-corrected chi connectivity index (χ4v) is 4.39. The molecule has 0 bridgehead atoms. The van der Waals surface area contributed by atoms with Crippen molar-refractivity contribution in [3.63, 3.8) is 0 Å². The molecule has 0 aromatic heterocycles. The van der Waals surface area contributed by atoms with Crippen LogP contribution in [0.3, 0.4) is 0 Å². The van der Waals surface area contributed by atoms with E-state index >= 15 is 0 Å². The minimum atomic E-state index is -3.86. The van der Waals surface area contributed by atoms with Crippen LogP contribution in [-0.4, -0.2) is 40.1 Å². The molecule has 2 aromatic rings. The molecule has 144 valence electrons. The van der Waals surface area contributed by atoms with Crippen molar-refractivity contribution < 1.29 is 17.9 Å². The first-order valence-corrected chi connectivity index (χ1v) is 10.4. The minimum absolute atomic E-state index is 0.00725. The number of aryl methyl sites for hydroxylation is 1. The van der Waals surface area contributed by atoms with Crippen LogP contribution in [0.1, 0.15) is 18.4 Å². The summed E-state index contributed by atoms with van der Waals surface area (Å²) in [5.74, 6) is -0.356. The fourth-order valence-electron chi connectivity index (χ4n) is 2.97. The molecule has 7 heteroatoms. The number of hydrogen-bond donors (Lipinski definition) is 1. The topological polar surface area (TPSA) is 75.7 Å². The molecule has 0 unspecified atom stereocenters. The first-order valence-electron chi connectivity index (χ1n) is 8.99. The molecule has 0 spiro atoms. The van der Waals surface area contributed by atoms with Gasteiger partial charge in [0, 0.05) is 13.2 Å². The summed E-state index contributed by atoms with van der Waals surface area (Å²) in [6, 6.07) is 15.3. The standard InChI is InChI=1S/C20H24N2O4S/c1-16-9-11-19(12-10-16)27(24,25)22(17-6-3-2-4-7-17)15-20(23)21-14-18-8-5-13-26-18/h2-4,6-7,9-12,18H,5,8,13-15H2,1H3,(H,21,23)/t18-/m0/s1. The number of amides is 1. The summed E-state index contributed by atoms with van der Waals surface area (Å²) < 4.78 is 33.0. The first kappa shape index (κ1) is 19.4. The molecule has 27 heavy (non-hydrogen) atoms. The van der Waals surface area contributed by atoms with Crippen LogP contribution in [-0.2, 0) is 19.6 Å². The van der Waals surface area contributed by atoms with E-state index in [2.05, 4.69) is 5.32 Å². The van der Waals surface area contributed by atoms with Gasteiger partial charge in [0.15, 0.2) is 0 Å². The van der Waals surface area contributed by atoms with Crippen LogP contribution in [0.4, 0.5) is 5.69 Å². The number of rotatable bonds is 7. The number of anilines is 1. The molecule has 0 aliphatic carbocycles. The van der Waals surface area contributed by atoms with E-state index in [0.717, 1.165) is 22.7 Å². The summed E-state index contributed by atoms with van der Waals surface area (Å²) in [6.45, 7) is 2.71. The zero-order chi connectivity index (χ0) is 19.3. The maximum absolute atomic E-state index is 13.2. The Morgan fingerprint density at radius 2 is 1.85 bits per heavy atom. The van der Waals surface area contributed by atoms with E-state index in [0.29, 0.717) is 18.8 Å². The van der Waals surface area contributed by atoms with Gasteiger partial charge in [-0.2, -0.15) is 0 Å². The van der Waals surface area contributed by atoms with E-state index in [1.807, 2.05) is 6.92 Å². The SMILES string of the molecule is Cc1ccc(S(=O)(=O)N(CC(=O)NC[C@@H]2CCCO2)c2ccccc2)cc1. The highest BCUT2D eigenvalue weighted by Gasteiger charge is 2.27. The summed E-state index contributed by atoms with van der Waals surface area (Å²) in [5.41, 5.74) is 1.42. The molecule has 6 nitrogen and oxygen atoms in total. The van der Waals surface area contributed by atoms with E-state index in [1.165, 1.54) is 0 Å². The van der Waals surface area contributed by atoms with Crippen molar-refractivity contribution in [1.82, 2.24) is 5.32 Å². The second kappa shape index (κ2) is 8.54. The zero-order valence-corrected chi connectivity index (χ0v) is 16.1. The number of sulfonamides is 1. The van der Waals surface area contributed by atoms with Gasteiger partial charge in [0.2, 0.25) is 5.91 Å². The third kappa shape index (κ3) is 4.87. The third-order valence-electron chi connectivity index (χ3n) is 4.49. The van der Waals surface area contributed by atoms with Gasteiger partial charge in [-0.05, 0) is 44.0 Å². The lowest BCUT2D eigenvalue weighted by Crippen LogP contribution is -2.42. The number of nitrogens with one attached hydrogen (secondary N) is 1. The third-order valence-corrected chi connectivity index (χ3v) is 6.28. The van der Waals surface area contributed by atoms with Gasteiger partial charge in [0.05, 0.1) is 16.7 Å². The molecule has 1 aliphatic heterocycles. The monoisotopic (exact) mass is 388 g/mol. The summed E-state index contributed by atoms with van der Waals surface area (Å²) in [5, 5.41) is 2.79. The molecule has 1 saturated heterocycles. The Morgan fingerprint density at radius 3 is 2.48 bits per heavy atom. The molecule has 2 aromatic carbocycles. The van der Waals surface area contributed by atoms with E-state index < -0.39 is 10.0 Å². The van der Waals surface area contributed by atoms with Crippen molar-refractivity contribution in [2.45, 2.75) is 30.8 Å². The molecule has 0 radical (unpaired) electrons. The number of ether oxygens (including phenoxy) is 1. The molecule has 1 aliphatic rings. The summed E-state index contributed by atoms with van der Waals surface area (Å²) in [7, 11) is -3.86. The van der Waals surface area contributed by atoms with Gasteiger partial charge in [-0.15, -0.1) is 0 Å². The normalized spacial score (nSPS) is 16.9. The highest BCUT2D eigenvalue weighted by Crippen LogP contribution is 2.23. The van der Waals surface area contributed by atoms with Crippen LogP contribution in [0.2, 0.25) is 0 Å². The van der Waals surface area contributed by atoms with Gasteiger partial charge in [0.25, 0.3) is 10.0 Å². The maximum Gasteiger partial charge on any atom is 0.264 e. The van der Waals surface area contributed by atoms with E-state index in [4.69, 9.17) is 4.74 Å². The largest absolute Gasteiger partial charge is 0.376 e. The molecule has 1 fully saturated rings. The average molecular weight is 388 g/mol. The fraction of sp³-hybridized carbons (Fsp3) is 0.350. The van der Waals surface area contributed by atoms with Crippen molar-refractivity contribution in [1.29, 1.82) is 0 Å². The number of hydrogen-bond acceptors (Lipinski definition) is 4. The van der Waals surface area contributed by atoms with Crippen molar-refractivity contribution >= 4 is 21.6 Å². The Bertz CT molecular complexity index is 861. The second-order valence-corrected chi connectivity index (χ2v) is 8.46. The predicted octanol–water partition coefficient (Wildman–Crippen LogP) is 2.49. The van der Waals surface area contributed by atoms with Crippen LogP contribution < -0.4 is 9.62 Å². The van der Waals surface area contributed by atoms with Crippen LogP contribution in [0.15, 0.2) is 59.5 Å². The van der Waals surface area contributed by atoms with Gasteiger partial charge in [-0.25, -0.2) is 8.42 Å². The van der Waals surface area contributed by atoms with E-state index in [-0.39, 0.29) is 23.5 Å². The molecular weight excluding hydrogens is 364 g/mol. The smallest absolute Gasteiger partial charge is 0.264 e. The minimum Gasteiger partial charge on any atom is -0.376 e. The van der Waals surface area contributed by atoms with Crippen molar-refractivity contribution in [3.05, 3.63) is 60.2 Å². The van der Waals surface area contributed by atoms with Gasteiger partial charge < -0.3 is 10.1 Å². The Hall–Kier alpha value is -2.38. The van der Waals surface area contributed by atoms with Crippen molar-refractivity contribution in [2.75, 3.05) is 24.0 Å². The summed E-state index contributed by atoms with van der Waals surface area (Å²) >= 11 is 0. The first-order chi connectivity index (χ1) is 13.0. The van der Waals surface area contributed by atoms with Gasteiger partial charge in [0.1, 0.15) is 6.54 Å². The number of carbonyl (C=O) groups excluding carboxylic acids is 1. The lowest BCUT2D eigenvalue weighted by Gasteiger charge is -2.24. The second-order valence-electron chi connectivity index (χ2n) is 6.60. The van der Waals surface area contributed by atoms with Crippen LogP contribution in [0.5, 0.6) is 0 Å². The average Bonchev–Trinajstić information content (AvgIpc) is 3.19. The van der Waals surface area contributed by atoms with E-state index in [1.54, 1.807) is 54.6 Å². The summed E-state index contributed by atoms with van der Waals surface area (Å²) in [4.78, 5) is 12.6. The number of nitrogens with zero attached hydrogens (tertiary/aromatic N) is 1. The zero-order valence-electron chi connectivity index (χ0n) is 15.3. The van der Waals surface area contributed by atoms with E-state index in [9.17, 15) is 13.2 Å². The lowest BCUT2D eigenvalue weighted by molar-refractivity contribution is -0.120. The highest BCUT2D eigenvalue weighted by atomic mass is 32.2. The Kier molecular flexibility index (Phi) is 6.13. The number of benzene rings is 2. The number of para-hydroxylation sites is 1. The lowest BCUT2D eigenvalue weighted by atomic mass is 10.2. The highest BCUT2D eigenvalue weighted by molar-refractivity contribution is 7.92. The molecule has 0 saturated carbocycles. The number of carbonyl (C=O) groups is 1. The predicted molar refractivity (Wildman–Crippen MR) is 104 cm³/mol. The maximum atomic E-state index is 13.2. The Morgan fingerprint density at radius 1 is 1.15 bits per heavy atom. The van der Waals surface area contributed by atoms with Crippen molar-refractivity contribution in [3.8, 4) is 0 Å². The van der Waals surface area contributed by atoms with Gasteiger partial charge >= 0.3 is 0 Å². The Balaban J connectivity index is 1.80. The van der Waals surface area contributed by atoms with Crippen LogP contribution in [0, 0.1) is 6.92 Å². The molecule has 3 rings (SSSR count). The molecule has 1 N–H and O–H groups in total. The van der Waals surface area contributed by atoms with Crippen LogP contribution >= 0.6 is 0 Å². The van der Waals surface area contributed by atoms with Gasteiger partial charge in [-0.3, -0.25) is 9.10 Å². The molecule has 1 heterocycles. The van der Waals surface area contributed by atoms with Crippen LogP contribution in [0.25, 0.3) is 0 Å². The molecule has 1 atom stereocenters. The van der Waals surface area contributed by atoms with Crippen molar-refractivity contribution in [2.24, 2.45) is 0 Å². The quantitative estimate of drug-likeness (QED) is 0.791. The molecular formula is C20H24N2O4S. The Labute approximate surface area is 160 Å².